The Morgan fingerprint density at radius 2 is 2.39 bits per heavy atom. The van der Waals surface area contributed by atoms with E-state index in [4.69, 9.17) is 0 Å². The van der Waals surface area contributed by atoms with Gasteiger partial charge < -0.3 is 10.2 Å². The molecule has 0 spiro atoms. The summed E-state index contributed by atoms with van der Waals surface area (Å²) in [4.78, 5) is 14.5. The Morgan fingerprint density at radius 3 is 3.17 bits per heavy atom. The van der Waals surface area contributed by atoms with E-state index < -0.39 is 0 Å². The fourth-order valence-corrected chi connectivity index (χ4v) is 2.87. The lowest BCUT2D eigenvalue weighted by molar-refractivity contribution is 0.0933. The maximum absolute atomic E-state index is 12.4. The Bertz CT molecular complexity index is 641. The van der Waals surface area contributed by atoms with Crippen molar-refractivity contribution in [1.29, 1.82) is 0 Å². The molecule has 7 nitrogen and oxygen atoms in total. The van der Waals surface area contributed by atoms with Crippen LogP contribution in [-0.4, -0.2) is 45.0 Å². The van der Waals surface area contributed by atoms with Crippen LogP contribution in [-0.2, 0) is 6.54 Å². The Labute approximate surface area is 135 Å². The summed E-state index contributed by atoms with van der Waals surface area (Å²) in [6.45, 7) is 4.62. The largest absolute Gasteiger partial charge is 0.353 e. The number of piperidine rings is 1. The molecule has 3 heterocycles. The van der Waals surface area contributed by atoms with Gasteiger partial charge in [0.2, 0.25) is 0 Å². The second-order valence-corrected chi connectivity index (χ2v) is 5.83. The summed E-state index contributed by atoms with van der Waals surface area (Å²) >= 11 is 0. The van der Waals surface area contributed by atoms with Crippen LogP contribution in [0.15, 0.2) is 30.7 Å². The number of carbonyl (C=O) groups is 1. The SMILES string of the molecule is CCCn1cc(C(=O)NC2CCCN(c3cccnn3)C2)cn1. The van der Waals surface area contributed by atoms with Gasteiger partial charge in [-0.3, -0.25) is 9.48 Å². The number of aryl methyl sites for hydroxylation is 1. The van der Waals surface area contributed by atoms with Gasteiger partial charge >= 0.3 is 0 Å². The summed E-state index contributed by atoms with van der Waals surface area (Å²) in [7, 11) is 0. The lowest BCUT2D eigenvalue weighted by Gasteiger charge is -2.33. The van der Waals surface area contributed by atoms with Gasteiger partial charge in [-0.2, -0.15) is 10.2 Å². The average Bonchev–Trinajstić information content (AvgIpc) is 3.05. The number of nitrogens with zero attached hydrogens (tertiary/aromatic N) is 5. The van der Waals surface area contributed by atoms with Crippen molar-refractivity contribution >= 4 is 11.7 Å². The standard InChI is InChI=1S/C16H22N6O/c1-2-8-22-11-13(10-18-22)16(23)19-14-5-4-9-21(12-14)15-6-3-7-17-20-15/h3,6-7,10-11,14H,2,4-5,8-9,12H2,1H3,(H,19,23). The minimum absolute atomic E-state index is 0.0571. The van der Waals surface area contributed by atoms with Crippen LogP contribution in [0.1, 0.15) is 36.5 Å². The Balaban J connectivity index is 1.59. The maximum atomic E-state index is 12.4. The van der Waals surface area contributed by atoms with Gasteiger partial charge in [0, 0.05) is 38.1 Å². The monoisotopic (exact) mass is 314 g/mol. The lowest BCUT2D eigenvalue weighted by atomic mass is 10.1. The molecule has 2 aromatic heterocycles. The molecule has 0 saturated carbocycles. The Kier molecular flexibility index (Phi) is 4.85. The molecule has 0 aliphatic carbocycles. The van der Waals surface area contributed by atoms with Crippen molar-refractivity contribution in [2.24, 2.45) is 0 Å². The highest BCUT2D eigenvalue weighted by molar-refractivity contribution is 5.93. The van der Waals surface area contributed by atoms with Crippen LogP contribution in [0.25, 0.3) is 0 Å². The minimum Gasteiger partial charge on any atom is -0.353 e. The molecule has 1 N–H and O–H groups in total. The minimum atomic E-state index is -0.0571. The summed E-state index contributed by atoms with van der Waals surface area (Å²) in [5.41, 5.74) is 0.620. The summed E-state index contributed by atoms with van der Waals surface area (Å²) in [6.07, 6.45) is 8.11. The predicted molar refractivity (Wildman–Crippen MR) is 87.3 cm³/mol. The van der Waals surface area contributed by atoms with Crippen LogP contribution >= 0.6 is 0 Å². The highest BCUT2D eigenvalue weighted by atomic mass is 16.1. The van der Waals surface area contributed by atoms with E-state index in [0.717, 1.165) is 44.7 Å². The number of amides is 1. The van der Waals surface area contributed by atoms with E-state index in [9.17, 15) is 4.79 Å². The van der Waals surface area contributed by atoms with E-state index in [1.54, 1.807) is 12.4 Å². The lowest BCUT2D eigenvalue weighted by Crippen LogP contribution is -2.48. The fraction of sp³-hybridized carbons (Fsp3) is 0.500. The van der Waals surface area contributed by atoms with E-state index >= 15 is 0 Å². The van der Waals surface area contributed by atoms with E-state index in [-0.39, 0.29) is 11.9 Å². The van der Waals surface area contributed by atoms with Crippen LogP contribution < -0.4 is 10.2 Å². The molecule has 1 amide bonds. The fourth-order valence-electron chi connectivity index (χ4n) is 2.87. The van der Waals surface area contributed by atoms with Crippen molar-refractivity contribution in [1.82, 2.24) is 25.3 Å². The second kappa shape index (κ2) is 7.21. The molecular formula is C16H22N6O. The zero-order chi connectivity index (χ0) is 16.1. The van der Waals surface area contributed by atoms with Crippen molar-refractivity contribution < 1.29 is 4.79 Å². The molecule has 2 aromatic rings. The quantitative estimate of drug-likeness (QED) is 0.905. The van der Waals surface area contributed by atoms with E-state index in [1.165, 1.54) is 0 Å². The number of carbonyl (C=O) groups excluding carboxylic acids is 1. The molecule has 1 saturated heterocycles. The van der Waals surface area contributed by atoms with Gasteiger partial charge in [-0.25, -0.2) is 0 Å². The molecular weight excluding hydrogens is 292 g/mol. The normalized spacial score (nSPS) is 18.0. The van der Waals surface area contributed by atoms with Gasteiger partial charge in [0.15, 0.2) is 5.82 Å². The average molecular weight is 314 g/mol. The molecule has 0 bridgehead atoms. The molecule has 3 rings (SSSR count). The first kappa shape index (κ1) is 15.5. The molecule has 1 unspecified atom stereocenters. The first-order valence-corrected chi connectivity index (χ1v) is 8.12. The van der Waals surface area contributed by atoms with Crippen molar-refractivity contribution in [3.05, 3.63) is 36.3 Å². The van der Waals surface area contributed by atoms with Crippen molar-refractivity contribution in [3.8, 4) is 0 Å². The molecule has 0 aromatic carbocycles. The van der Waals surface area contributed by atoms with Crippen molar-refractivity contribution in [2.45, 2.75) is 38.8 Å². The predicted octanol–water partition coefficient (Wildman–Crippen LogP) is 1.48. The van der Waals surface area contributed by atoms with Gasteiger partial charge in [-0.15, -0.1) is 5.10 Å². The first-order chi connectivity index (χ1) is 11.3. The van der Waals surface area contributed by atoms with Crippen LogP contribution in [0.5, 0.6) is 0 Å². The third-order valence-corrected chi connectivity index (χ3v) is 3.99. The summed E-state index contributed by atoms with van der Waals surface area (Å²) in [5, 5.41) is 15.4. The molecule has 1 aliphatic heterocycles. The maximum Gasteiger partial charge on any atom is 0.254 e. The topological polar surface area (TPSA) is 75.9 Å². The molecule has 1 atom stereocenters. The van der Waals surface area contributed by atoms with E-state index in [0.29, 0.717) is 5.56 Å². The van der Waals surface area contributed by atoms with Gasteiger partial charge in [0.1, 0.15) is 0 Å². The highest BCUT2D eigenvalue weighted by Crippen LogP contribution is 2.17. The number of aromatic nitrogens is 4. The van der Waals surface area contributed by atoms with E-state index in [1.807, 2.05) is 23.0 Å². The molecule has 7 heteroatoms. The van der Waals surface area contributed by atoms with Crippen LogP contribution in [0.3, 0.4) is 0 Å². The van der Waals surface area contributed by atoms with Crippen LogP contribution in [0, 0.1) is 0 Å². The molecule has 1 fully saturated rings. The summed E-state index contributed by atoms with van der Waals surface area (Å²) < 4.78 is 1.81. The van der Waals surface area contributed by atoms with Crippen molar-refractivity contribution in [2.75, 3.05) is 18.0 Å². The van der Waals surface area contributed by atoms with Gasteiger partial charge in [-0.05, 0) is 31.4 Å². The highest BCUT2D eigenvalue weighted by Gasteiger charge is 2.23. The number of anilines is 1. The zero-order valence-corrected chi connectivity index (χ0v) is 13.4. The van der Waals surface area contributed by atoms with Crippen molar-refractivity contribution in [3.63, 3.8) is 0 Å². The summed E-state index contributed by atoms with van der Waals surface area (Å²) in [6, 6.07) is 3.95. The summed E-state index contributed by atoms with van der Waals surface area (Å²) in [5.74, 6) is 0.806. The third-order valence-electron chi connectivity index (χ3n) is 3.99. The Hall–Kier alpha value is -2.44. The third kappa shape index (κ3) is 3.85. The van der Waals surface area contributed by atoms with Gasteiger partial charge in [-0.1, -0.05) is 6.92 Å². The number of hydrogen-bond acceptors (Lipinski definition) is 5. The molecule has 1 aliphatic rings. The molecule has 122 valence electrons. The Morgan fingerprint density at radius 1 is 1.48 bits per heavy atom. The number of rotatable bonds is 5. The number of hydrogen-bond donors (Lipinski definition) is 1. The molecule has 23 heavy (non-hydrogen) atoms. The zero-order valence-electron chi connectivity index (χ0n) is 13.4. The number of nitrogens with one attached hydrogen (secondary N) is 1. The van der Waals surface area contributed by atoms with Crippen LogP contribution in [0.4, 0.5) is 5.82 Å². The first-order valence-electron chi connectivity index (χ1n) is 8.12. The smallest absolute Gasteiger partial charge is 0.254 e. The van der Waals surface area contributed by atoms with Crippen LogP contribution in [0.2, 0.25) is 0 Å². The van der Waals surface area contributed by atoms with Gasteiger partial charge in [0.25, 0.3) is 5.91 Å². The van der Waals surface area contributed by atoms with Gasteiger partial charge in [0.05, 0.1) is 11.8 Å². The second-order valence-electron chi connectivity index (χ2n) is 5.83. The molecule has 0 radical (unpaired) electrons. The van der Waals surface area contributed by atoms with E-state index in [2.05, 4.69) is 32.4 Å².